The van der Waals surface area contributed by atoms with Crippen molar-refractivity contribution < 1.29 is 19.2 Å². The molecule has 2 atom stereocenters. The lowest BCUT2D eigenvalue weighted by Gasteiger charge is -2.41. The molecule has 2 fully saturated rings. The Bertz CT molecular complexity index is 1090. The highest BCUT2D eigenvalue weighted by atomic mass is 16.2. The number of carbonyl (C=O) groups excluding carboxylic acids is 4. The number of aromatic nitrogens is 2. The molecule has 3 heterocycles. The summed E-state index contributed by atoms with van der Waals surface area (Å²) in [4.78, 5) is 64.8. The van der Waals surface area contributed by atoms with E-state index in [0.717, 1.165) is 12.1 Å². The van der Waals surface area contributed by atoms with Gasteiger partial charge in [-0.25, -0.2) is 4.98 Å². The highest BCUT2D eigenvalue weighted by molar-refractivity contribution is 5.99. The second kappa shape index (κ2) is 10.5. The van der Waals surface area contributed by atoms with E-state index in [1.165, 1.54) is 23.5 Å². The second-order valence-corrected chi connectivity index (χ2v) is 8.79. The average Bonchev–Trinajstić information content (AvgIpc) is 2.89. The van der Waals surface area contributed by atoms with E-state index in [9.17, 15) is 19.2 Å². The van der Waals surface area contributed by atoms with Gasteiger partial charge in [-0.1, -0.05) is 0 Å². The van der Waals surface area contributed by atoms with Crippen LogP contribution in [0.15, 0.2) is 42.9 Å². The van der Waals surface area contributed by atoms with Crippen molar-refractivity contribution in [3.05, 3.63) is 54.1 Å². The van der Waals surface area contributed by atoms with Crippen LogP contribution in [0.5, 0.6) is 0 Å². The topological polar surface area (TPSA) is 128 Å². The first-order chi connectivity index (χ1) is 16.8. The third kappa shape index (κ3) is 5.39. The molecular formula is C24H29N7O4. The zero-order chi connectivity index (χ0) is 24.9. The summed E-state index contributed by atoms with van der Waals surface area (Å²) < 4.78 is 0. The Labute approximate surface area is 203 Å². The van der Waals surface area contributed by atoms with Crippen LogP contribution in [0, 0.1) is 0 Å². The quantitative estimate of drug-likeness (QED) is 0.613. The monoisotopic (exact) mass is 479 g/mol. The lowest BCUT2D eigenvalue weighted by Crippen LogP contribution is -2.63. The molecule has 0 saturated carbocycles. The van der Waals surface area contributed by atoms with Gasteiger partial charge in [-0.2, -0.15) is 0 Å². The molecule has 2 aliphatic heterocycles. The van der Waals surface area contributed by atoms with Crippen molar-refractivity contribution in [2.75, 3.05) is 45.2 Å². The number of anilines is 1. The minimum absolute atomic E-state index is 0.000436. The number of hydrogen-bond donors (Lipinski definition) is 2. The van der Waals surface area contributed by atoms with E-state index in [1.807, 2.05) is 31.1 Å². The zero-order valence-electron chi connectivity index (χ0n) is 19.8. The number of nitrogens with one attached hydrogen (secondary N) is 2. The smallest absolute Gasteiger partial charge is 0.274 e. The second-order valence-electron chi connectivity index (χ2n) is 8.79. The SMILES string of the molecule is CN(C)c1ccc(C(=O)N2CCN(C(=O)c3cnccn3)[C@H](C(=O)N[C@H]3CCCNC3=O)C2)cc1. The Hall–Kier alpha value is -4.02. The third-order valence-electron chi connectivity index (χ3n) is 6.25. The van der Waals surface area contributed by atoms with Crippen LogP contribution in [0.25, 0.3) is 0 Å². The van der Waals surface area contributed by atoms with Gasteiger partial charge in [0.1, 0.15) is 17.8 Å². The fraction of sp³-hybridized carbons (Fsp3) is 0.417. The van der Waals surface area contributed by atoms with Crippen LogP contribution in [-0.4, -0.2) is 95.8 Å². The van der Waals surface area contributed by atoms with Crippen LogP contribution in [0.4, 0.5) is 5.69 Å². The molecule has 0 radical (unpaired) electrons. The van der Waals surface area contributed by atoms with E-state index >= 15 is 0 Å². The number of carbonyl (C=O) groups is 4. The molecule has 2 aromatic rings. The van der Waals surface area contributed by atoms with Crippen LogP contribution in [0.1, 0.15) is 33.7 Å². The van der Waals surface area contributed by atoms with Gasteiger partial charge < -0.3 is 25.3 Å². The predicted molar refractivity (Wildman–Crippen MR) is 128 cm³/mol. The number of amides is 4. The van der Waals surface area contributed by atoms with Gasteiger partial charge >= 0.3 is 0 Å². The molecule has 11 heteroatoms. The summed E-state index contributed by atoms with van der Waals surface area (Å²) in [7, 11) is 3.83. The van der Waals surface area contributed by atoms with Crippen molar-refractivity contribution in [1.82, 2.24) is 30.4 Å². The summed E-state index contributed by atoms with van der Waals surface area (Å²) in [5.41, 5.74) is 1.57. The van der Waals surface area contributed by atoms with E-state index in [0.29, 0.717) is 18.5 Å². The Morgan fingerprint density at radius 2 is 1.86 bits per heavy atom. The van der Waals surface area contributed by atoms with E-state index in [2.05, 4.69) is 20.6 Å². The number of rotatable bonds is 5. The summed E-state index contributed by atoms with van der Waals surface area (Å²) in [5, 5.41) is 5.51. The number of piperazine rings is 1. The number of hydrogen-bond acceptors (Lipinski definition) is 7. The molecule has 35 heavy (non-hydrogen) atoms. The molecule has 2 saturated heterocycles. The highest BCUT2D eigenvalue weighted by Gasteiger charge is 2.39. The van der Waals surface area contributed by atoms with Gasteiger partial charge in [0.05, 0.1) is 12.7 Å². The third-order valence-corrected chi connectivity index (χ3v) is 6.25. The number of nitrogens with zero attached hydrogens (tertiary/aromatic N) is 5. The Morgan fingerprint density at radius 1 is 1.09 bits per heavy atom. The largest absolute Gasteiger partial charge is 0.378 e. The maximum Gasteiger partial charge on any atom is 0.274 e. The van der Waals surface area contributed by atoms with Crippen molar-refractivity contribution in [2.45, 2.75) is 24.9 Å². The van der Waals surface area contributed by atoms with Gasteiger partial charge in [-0.05, 0) is 37.1 Å². The summed E-state index contributed by atoms with van der Waals surface area (Å²) in [6.07, 6.45) is 5.48. The predicted octanol–water partition coefficient (Wildman–Crippen LogP) is -0.0958. The first-order valence-electron chi connectivity index (χ1n) is 11.6. The molecule has 2 N–H and O–H groups in total. The molecule has 4 rings (SSSR count). The molecule has 0 bridgehead atoms. The van der Waals surface area contributed by atoms with E-state index in [1.54, 1.807) is 17.0 Å². The van der Waals surface area contributed by atoms with Crippen molar-refractivity contribution in [1.29, 1.82) is 0 Å². The van der Waals surface area contributed by atoms with Gasteiger partial charge in [0.2, 0.25) is 11.8 Å². The maximum absolute atomic E-state index is 13.3. The lowest BCUT2D eigenvalue weighted by molar-refractivity contribution is -0.133. The van der Waals surface area contributed by atoms with Gasteiger partial charge in [0.15, 0.2) is 0 Å². The molecule has 11 nitrogen and oxygen atoms in total. The van der Waals surface area contributed by atoms with E-state index in [-0.39, 0.29) is 37.1 Å². The van der Waals surface area contributed by atoms with E-state index < -0.39 is 23.9 Å². The van der Waals surface area contributed by atoms with Crippen LogP contribution < -0.4 is 15.5 Å². The maximum atomic E-state index is 13.3. The van der Waals surface area contributed by atoms with Crippen molar-refractivity contribution >= 4 is 29.3 Å². The summed E-state index contributed by atoms with van der Waals surface area (Å²) >= 11 is 0. The summed E-state index contributed by atoms with van der Waals surface area (Å²) in [5.74, 6) is -1.41. The van der Waals surface area contributed by atoms with Crippen LogP contribution >= 0.6 is 0 Å². The minimum atomic E-state index is -0.974. The minimum Gasteiger partial charge on any atom is -0.378 e. The average molecular weight is 480 g/mol. The summed E-state index contributed by atoms with van der Waals surface area (Å²) in [6, 6.07) is 5.55. The molecule has 0 spiro atoms. The van der Waals surface area contributed by atoms with E-state index in [4.69, 9.17) is 0 Å². The molecule has 4 amide bonds. The Morgan fingerprint density at radius 3 is 2.51 bits per heavy atom. The lowest BCUT2D eigenvalue weighted by atomic mass is 10.0. The van der Waals surface area contributed by atoms with Crippen molar-refractivity contribution in [3.8, 4) is 0 Å². The molecule has 1 aromatic heterocycles. The number of piperidine rings is 1. The molecule has 184 valence electrons. The van der Waals surface area contributed by atoms with Gasteiger partial charge in [-0.15, -0.1) is 0 Å². The normalized spacial score (nSPS) is 20.1. The van der Waals surface area contributed by atoms with Gasteiger partial charge in [0.25, 0.3) is 11.8 Å². The molecule has 0 aliphatic carbocycles. The standard InChI is InChI=1S/C24H29N7O4/c1-29(2)17-7-5-16(6-8-17)23(34)30-12-13-31(24(35)19-14-25-10-11-26-19)20(15-30)22(33)28-18-4-3-9-27-21(18)32/h5-8,10-11,14,18,20H,3-4,9,12-13,15H2,1-2H3,(H,27,32)(H,28,33)/t18-,20-/m0/s1. The van der Waals surface area contributed by atoms with Crippen molar-refractivity contribution in [3.63, 3.8) is 0 Å². The fourth-order valence-electron chi connectivity index (χ4n) is 4.25. The van der Waals surface area contributed by atoms with Crippen LogP contribution in [0.2, 0.25) is 0 Å². The summed E-state index contributed by atoms with van der Waals surface area (Å²) in [6.45, 7) is 0.973. The molecule has 0 unspecified atom stereocenters. The molecule has 2 aliphatic rings. The Balaban J connectivity index is 1.55. The highest BCUT2D eigenvalue weighted by Crippen LogP contribution is 2.19. The first kappa shape index (κ1) is 24.1. The van der Waals surface area contributed by atoms with Crippen LogP contribution in [0.3, 0.4) is 0 Å². The number of benzene rings is 1. The van der Waals surface area contributed by atoms with Gasteiger partial charge in [-0.3, -0.25) is 24.2 Å². The van der Waals surface area contributed by atoms with Crippen LogP contribution in [-0.2, 0) is 9.59 Å². The van der Waals surface area contributed by atoms with Gasteiger partial charge in [0, 0.05) is 57.4 Å². The Kier molecular flexibility index (Phi) is 7.23. The first-order valence-corrected chi connectivity index (χ1v) is 11.6. The fourth-order valence-corrected chi connectivity index (χ4v) is 4.25. The zero-order valence-corrected chi connectivity index (χ0v) is 19.8. The molecular weight excluding hydrogens is 450 g/mol. The van der Waals surface area contributed by atoms with Crippen molar-refractivity contribution in [2.24, 2.45) is 0 Å². The molecule has 1 aromatic carbocycles.